The molecule has 0 aliphatic rings. The fourth-order valence-corrected chi connectivity index (χ4v) is 6.13. The standard InChI is InChI=1S/C27H23Cl2N3O5S2/c1-17-3-10-22(11-4-17)38(34,35)31-21-9-14-24(25(29)16-21)27(33)30-20-7-12-23(13-8-20)39(36,37)32-26-15-19(28)6-5-18(26)2/h3-16,31-32H,1-2H3,(H,30,33). The first-order valence-electron chi connectivity index (χ1n) is 11.4. The van der Waals surface area contributed by atoms with E-state index < -0.39 is 26.0 Å². The third-order valence-electron chi connectivity index (χ3n) is 5.66. The molecule has 12 heteroatoms. The summed E-state index contributed by atoms with van der Waals surface area (Å²) in [6, 6.07) is 21.0. The number of carbonyl (C=O) groups is 1. The van der Waals surface area contributed by atoms with Gasteiger partial charge >= 0.3 is 0 Å². The molecule has 4 rings (SSSR count). The SMILES string of the molecule is Cc1ccc(S(=O)(=O)Nc2ccc(C(=O)Nc3ccc(S(=O)(=O)Nc4cc(Cl)ccc4C)cc3)c(Cl)c2)cc1. The van der Waals surface area contributed by atoms with E-state index in [9.17, 15) is 21.6 Å². The zero-order chi connectivity index (χ0) is 28.4. The van der Waals surface area contributed by atoms with Crippen molar-refractivity contribution in [3.05, 3.63) is 112 Å². The number of anilines is 3. The third kappa shape index (κ3) is 6.90. The quantitative estimate of drug-likeness (QED) is 0.213. The van der Waals surface area contributed by atoms with Gasteiger partial charge in [0.05, 0.1) is 31.8 Å². The molecule has 3 N–H and O–H groups in total. The first-order valence-corrected chi connectivity index (χ1v) is 15.2. The first kappa shape index (κ1) is 28.4. The zero-order valence-corrected chi connectivity index (χ0v) is 23.8. The van der Waals surface area contributed by atoms with E-state index in [2.05, 4.69) is 14.8 Å². The Hall–Kier alpha value is -3.57. The molecular formula is C27H23Cl2N3O5S2. The van der Waals surface area contributed by atoms with Gasteiger partial charge in [-0.05, 0) is 86.1 Å². The van der Waals surface area contributed by atoms with E-state index in [1.54, 1.807) is 31.2 Å². The van der Waals surface area contributed by atoms with E-state index in [-0.39, 0.29) is 26.1 Å². The second-order valence-corrected chi connectivity index (χ2v) is 12.9. The van der Waals surface area contributed by atoms with Crippen molar-refractivity contribution in [1.82, 2.24) is 0 Å². The molecule has 4 aromatic carbocycles. The molecule has 0 bridgehead atoms. The Bertz CT molecular complexity index is 1760. The molecular weight excluding hydrogens is 581 g/mol. The number of sulfonamides is 2. The smallest absolute Gasteiger partial charge is 0.261 e. The predicted molar refractivity (Wildman–Crippen MR) is 155 cm³/mol. The Kier molecular flexibility index (Phi) is 8.22. The van der Waals surface area contributed by atoms with E-state index in [0.29, 0.717) is 22.0 Å². The maximum Gasteiger partial charge on any atom is 0.261 e. The summed E-state index contributed by atoms with van der Waals surface area (Å²) in [5.41, 5.74) is 2.61. The van der Waals surface area contributed by atoms with Crippen molar-refractivity contribution < 1.29 is 21.6 Å². The highest BCUT2D eigenvalue weighted by atomic mass is 35.5. The summed E-state index contributed by atoms with van der Waals surface area (Å²) in [5.74, 6) is -0.559. The van der Waals surface area contributed by atoms with Gasteiger partial charge in [-0.1, -0.05) is 47.0 Å². The molecule has 4 aromatic rings. The van der Waals surface area contributed by atoms with E-state index in [0.717, 1.165) is 5.56 Å². The molecule has 8 nitrogen and oxygen atoms in total. The summed E-state index contributed by atoms with van der Waals surface area (Å²) in [6.45, 7) is 3.60. The summed E-state index contributed by atoms with van der Waals surface area (Å²) in [5, 5.41) is 3.07. The van der Waals surface area contributed by atoms with Crippen molar-refractivity contribution in [2.24, 2.45) is 0 Å². The van der Waals surface area contributed by atoms with Crippen LogP contribution in [0, 0.1) is 13.8 Å². The lowest BCUT2D eigenvalue weighted by Gasteiger charge is -2.12. The lowest BCUT2D eigenvalue weighted by atomic mass is 10.2. The van der Waals surface area contributed by atoms with Crippen molar-refractivity contribution in [2.75, 3.05) is 14.8 Å². The molecule has 202 valence electrons. The lowest BCUT2D eigenvalue weighted by molar-refractivity contribution is 0.102. The normalized spacial score (nSPS) is 11.6. The van der Waals surface area contributed by atoms with Crippen LogP contribution < -0.4 is 14.8 Å². The second kappa shape index (κ2) is 11.3. The summed E-state index contributed by atoms with van der Waals surface area (Å²) in [4.78, 5) is 12.9. The van der Waals surface area contributed by atoms with Crippen LogP contribution in [0.5, 0.6) is 0 Å². The van der Waals surface area contributed by atoms with Crippen LogP contribution in [-0.2, 0) is 20.0 Å². The predicted octanol–water partition coefficient (Wildman–Crippen LogP) is 6.46. The van der Waals surface area contributed by atoms with E-state index >= 15 is 0 Å². The van der Waals surface area contributed by atoms with Gasteiger partial charge < -0.3 is 5.32 Å². The Balaban J connectivity index is 1.45. The number of benzene rings is 4. The van der Waals surface area contributed by atoms with Crippen LogP contribution in [-0.4, -0.2) is 22.7 Å². The molecule has 1 amide bonds. The van der Waals surface area contributed by atoms with Crippen LogP contribution in [0.1, 0.15) is 21.5 Å². The Morgan fingerprint density at radius 3 is 1.85 bits per heavy atom. The molecule has 0 aromatic heterocycles. The lowest BCUT2D eigenvalue weighted by Crippen LogP contribution is -2.15. The van der Waals surface area contributed by atoms with E-state index in [1.807, 2.05) is 6.92 Å². The number of hydrogen-bond donors (Lipinski definition) is 3. The van der Waals surface area contributed by atoms with E-state index in [1.165, 1.54) is 60.7 Å². The van der Waals surface area contributed by atoms with Gasteiger partial charge in [0.2, 0.25) is 0 Å². The monoisotopic (exact) mass is 603 g/mol. The number of nitrogens with one attached hydrogen (secondary N) is 3. The van der Waals surface area contributed by atoms with Gasteiger partial charge in [0.1, 0.15) is 0 Å². The van der Waals surface area contributed by atoms with Crippen LogP contribution in [0.4, 0.5) is 17.1 Å². The number of carbonyl (C=O) groups excluding carboxylic acids is 1. The number of halogens is 2. The van der Waals surface area contributed by atoms with Gasteiger partial charge in [-0.15, -0.1) is 0 Å². The van der Waals surface area contributed by atoms with E-state index in [4.69, 9.17) is 23.2 Å². The summed E-state index contributed by atoms with van der Waals surface area (Å²) >= 11 is 12.3. The fourth-order valence-electron chi connectivity index (χ4n) is 3.52. The van der Waals surface area contributed by atoms with Gasteiger partial charge in [-0.25, -0.2) is 16.8 Å². The fraction of sp³-hybridized carbons (Fsp3) is 0.0741. The number of hydrogen-bond acceptors (Lipinski definition) is 5. The van der Waals surface area contributed by atoms with Crippen molar-refractivity contribution in [1.29, 1.82) is 0 Å². The first-order chi connectivity index (χ1) is 18.3. The molecule has 0 aliphatic carbocycles. The van der Waals surface area contributed by atoms with Crippen molar-refractivity contribution >= 4 is 66.2 Å². The minimum Gasteiger partial charge on any atom is -0.322 e. The highest BCUT2D eigenvalue weighted by molar-refractivity contribution is 7.93. The van der Waals surface area contributed by atoms with Crippen molar-refractivity contribution in [3.8, 4) is 0 Å². The van der Waals surface area contributed by atoms with Crippen LogP contribution in [0.25, 0.3) is 0 Å². The minimum atomic E-state index is -3.90. The van der Waals surface area contributed by atoms with Crippen LogP contribution in [0.15, 0.2) is 94.7 Å². The third-order valence-corrected chi connectivity index (χ3v) is 8.99. The Morgan fingerprint density at radius 1 is 0.667 bits per heavy atom. The zero-order valence-electron chi connectivity index (χ0n) is 20.7. The van der Waals surface area contributed by atoms with Crippen molar-refractivity contribution in [3.63, 3.8) is 0 Å². The maximum absolute atomic E-state index is 12.8. The van der Waals surface area contributed by atoms with Crippen LogP contribution in [0.2, 0.25) is 10.0 Å². The molecule has 0 saturated heterocycles. The molecule has 0 atom stereocenters. The molecule has 0 heterocycles. The maximum atomic E-state index is 12.8. The average molecular weight is 605 g/mol. The number of rotatable bonds is 8. The van der Waals surface area contributed by atoms with Crippen LogP contribution in [0.3, 0.4) is 0 Å². The van der Waals surface area contributed by atoms with Gasteiger partial charge in [0.15, 0.2) is 0 Å². The highest BCUT2D eigenvalue weighted by Gasteiger charge is 2.18. The number of aryl methyl sites for hydroxylation is 2. The van der Waals surface area contributed by atoms with Gasteiger partial charge in [-0.2, -0.15) is 0 Å². The highest BCUT2D eigenvalue weighted by Crippen LogP contribution is 2.26. The topological polar surface area (TPSA) is 121 Å². The van der Waals surface area contributed by atoms with Gasteiger partial charge in [0.25, 0.3) is 26.0 Å². The average Bonchev–Trinajstić information content (AvgIpc) is 2.86. The largest absolute Gasteiger partial charge is 0.322 e. The molecule has 0 saturated carbocycles. The molecule has 0 fully saturated rings. The summed E-state index contributed by atoms with van der Waals surface area (Å²) in [6.07, 6.45) is 0. The van der Waals surface area contributed by atoms with Gasteiger partial charge in [0, 0.05) is 10.7 Å². The van der Waals surface area contributed by atoms with Crippen molar-refractivity contribution in [2.45, 2.75) is 23.6 Å². The molecule has 39 heavy (non-hydrogen) atoms. The van der Waals surface area contributed by atoms with Gasteiger partial charge in [-0.3, -0.25) is 14.2 Å². The molecule has 0 radical (unpaired) electrons. The number of amides is 1. The summed E-state index contributed by atoms with van der Waals surface area (Å²) in [7, 11) is -7.74. The molecule has 0 aliphatic heterocycles. The van der Waals surface area contributed by atoms with Crippen LogP contribution >= 0.6 is 23.2 Å². The minimum absolute atomic E-state index is 0.0110. The Labute approximate surface area is 237 Å². The Morgan fingerprint density at radius 2 is 1.23 bits per heavy atom. The second-order valence-electron chi connectivity index (χ2n) is 8.66. The summed E-state index contributed by atoms with van der Waals surface area (Å²) < 4.78 is 55.8. The molecule has 0 spiro atoms. The molecule has 0 unspecified atom stereocenters.